The lowest BCUT2D eigenvalue weighted by Gasteiger charge is -2.30. The second-order valence-corrected chi connectivity index (χ2v) is 8.56. The number of benzene rings is 3. The van der Waals surface area contributed by atoms with Crippen molar-refractivity contribution >= 4 is 22.5 Å². The van der Waals surface area contributed by atoms with Gasteiger partial charge in [0.05, 0.1) is 11.6 Å². The molecule has 1 fully saturated rings. The number of anilines is 1. The summed E-state index contributed by atoms with van der Waals surface area (Å²) in [6, 6.07) is 23.2. The van der Waals surface area contributed by atoms with Crippen LogP contribution >= 0.6 is 0 Å². The van der Waals surface area contributed by atoms with E-state index in [-0.39, 0.29) is 11.9 Å². The van der Waals surface area contributed by atoms with Gasteiger partial charge < -0.3 is 15.2 Å². The molecule has 2 unspecified atom stereocenters. The summed E-state index contributed by atoms with van der Waals surface area (Å²) in [5, 5.41) is 4.33. The number of nitrogens with one attached hydrogen (secondary N) is 2. The highest BCUT2D eigenvalue weighted by Gasteiger charge is 2.36. The number of aromatic nitrogens is 1. The SMILES string of the molecule is O=C(C(Nc1ccccc1)c1ccc(C(F)(F)F)cc1)N1CCCC1c1cc2ccccc2[nH]1. The number of aromatic amines is 1. The van der Waals surface area contributed by atoms with Gasteiger partial charge in [-0.05, 0) is 60.2 Å². The fourth-order valence-electron chi connectivity index (χ4n) is 4.65. The van der Waals surface area contributed by atoms with Gasteiger partial charge in [0, 0.05) is 23.4 Å². The van der Waals surface area contributed by atoms with E-state index in [1.807, 2.05) is 59.5 Å². The Bertz CT molecular complexity index is 1250. The monoisotopic (exact) mass is 463 g/mol. The van der Waals surface area contributed by atoms with Gasteiger partial charge in [-0.1, -0.05) is 48.5 Å². The number of amides is 1. The molecule has 1 amide bonds. The number of nitrogens with zero attached hydrogens (tertiary/aromatic N) is 1. The minimum atomic E-state index is -4.43. The number of rotatable bonds is 5. The van der Waals surface area contributed by atoms with Crippen molar-refractivity contribution in [2.75, 3.05) is 11.9 Å². The van der Waals surface area contributed by atoms with E-state index < -0.39 is 17.8 Å². The number of hydrogen-bond donors (Lipinski definition) is 2. The highest BCUT2D eigenvalue weighted by Crippen LogP contribution is 2.37. The number of hydrogen-bond acceptors (Lipinski definition) is 2. The quantitative estimate of drug-likeness (QED) is 0.346. The summed E-state index contributed by atoms with van der Waals surface area (Å²) >= 11 is 0. The highest BCUT2D eigenvalue weighted by molar-refractivity contribution is 5.87. The summed E-state index contributed by atoms with van der Waals surface area (Å²) in [5.74, 6) is -0.162. The molecule has 2 atom stereocenters. The molecule has 0 bridgehead atoms. The van der Waals surface area contributed by atoms with Crippen LogP contribution in [-0.2, 0) is 11.0 Å². The average molecular weight is 464 g/mol. The van der Waals surface area contributed by atoms with Crippen LogP contribution in [0.1, 0.15) is 41.7 Å². The predicted octanol–water partition coefficient (Wildman–Crippen LogP) is 6.70. The Kier molecular flexibility index (Phi) is 5.77. The summed E-state index contributed by atoms with van der Waals surface area (Å²) in [6.45, 7) is 0.590. The van der Waals surface area contributed by atoms with Crippen molar-refractivity contribution in [1.82, 2.24) is 9.88 Å². The van der Waals surface area contributed by atoms with Crippen molar-refractivity contribution in [2.24, 2.45) is 0 Å². The van der Waals surface area contributed by atoms with E-state index in [4.69, 9.17) is 0 Å². The number of halogens is 3. The summed E-state index contributed by atoms with van der Waals surface area (Å²) in [5.41, 5.74) is 2.46. The van der Waals surface area contributed by atoms with Crippen LogP contribution in [0.4, 0.5) is 18.9 Å². The lowest BCUT2D eigenvalue weighted by molar-refractivity contribution is -0.137. The largest absolute Gasteiger partial charge is 0.416 e. The minimum Gasteiger partial charge on any atom is -0.370 e. The van der Waals surface area contributed by atoms with Crippen LogP contribution in [0.25, 0.3) is 10.9 Å². The molecule has 0 aliphatic carbocycles. The van der Waals surface area contributed by atoms with Gasteiger partial charge in [0.1, 0.15) is 6.04 Å². The normalized spacial score (nSPS) is 17.1. The number of fused-ring (bicyclic) bond motifs is 1. The Hall–Kier alpha value is -3.74. The molecule has 1 aliphatic rings. The van der Waals surface area contributed by atoms with Gasteiger partial charge in [0.25, 0.3) is 0 Å². The number of H-pyrrole nitrogens is 1. The Balaban J connectivity index is 1.47. The maximum atomic E-state index is 13.9. The maximum Gasteiger partial charge on any atom is 0.416 e. The van der Waals surface area contributed by atoms with E-state index in [9.17, 15) is 18.0 Å². The first-order valence-electron chi connectivity index (χ1n) is 11.3. The molecule has 2 N–H and O–H groups in total. The van der Waals surface area contributed by atoms with Crippen LogP contribution in [0.2, 0.25) is 0 Å². The van der Waals surface area contributed by atoms with Crippen molar-refractivity contribution in [3.8, 4) is 0 Å². The molecule has 174 valence electrons. The van der Waals surface area contributed by atoms with E-state index >= 15 is 0 Å². The lowest BCUT2D eigenvalue weighted by Crippen LogP contribution is -2.37. The molecule has 4 nitrogen and oxygen atoms in total. The molecule has 3 aromatic carbocycles. The maximum absolute atomic E-state index is 13.9. The molecular formula is C27H24F3N3O. The number of carbonyl (C=O) groups excluding carboxylic acids is 1. The van der Waals surface area contributed by atoms with Crippen LogP contribution in [-0.4, -0.2) is 22.3 Å². The van der Waals surface area contributed by atoms with E-state index in [0.717, 1.165) is 47.3 Å². The van der Waals surface area contributed by atoms with Crippen LogP contribution < -0.4 is 5.32 Å². The van der Waals surface area contributed by atoms with Crippen molar-refractivity contribution in [3.63, 3.8) is 0 Å². The first-order chi connectivity index (χ1) is 16.4. The van der Waals surface area contributed by atoms with E-state index in [2.05, 4.69) is 16.4 Å². The number of para-hydroxylation sites is 2. The molecular weight excluding hydrogens is 439 g/mol. The summed E-state index contributed by atoms with van der Waals surface area (Å²) in [4.78, 5) is 19.1. The standard InChI is InChI=1S/C27H24F3N3O/c28-27(29,30)20-14-12-18(13-15-20)25(31-21-8-2-1-3-9-21)26(34)33-16-6-11-24(33)23-17-19-7-4-5-10-22(19)32-23/h1-5,7-10,12-15,17,24-25,31-32H,6,11,16H2. The summed E-state index contributed by atoms with van der Waals surface area (Å²) in [6.07, 6.45) is -2.75. The van der Waals surface area contributed by atoms with Crippen molar-refractivity contribution < 1.29 is 18.0 Å². The summed E-state index contributed by atoms with van der Waals surface area (Å²) < 4.78 is 39.3. The zero-order valence-electron chi connectivity index (χ0n) is 18.3. The van der Waals surface area contributed by atoms with Gasteiger partial charge in [0.15, 0.2) is 0 Å². The zero-order chi connectivity index (χ0) is 23.7. The van der Waals surface area contributed by atoms with Crippen LogP contribution in [0, 0.1) is 0 Å². The molecule has 1 aliphatic heterocycles. The highest BCUT2D eigenvalue weighted by atomic mass is 19.4. The molecule has 0 radical (unpaired) electrons. The first-order valence-corrected chi connectivity index (χ1v) is 11.3. The molecule has 1 aromatic heterocycles. The predicted molar refractivity (Wildman–Crippen MR) is 126 cm³/mol. The fraction of sp³-hybridized carbons (Fsp3) is 0.222. The van der Waals surface area contributed by atoms with E-state index in [1.165, 1.54) is 12.1 Å². The van der Waals surface area contributed by atoms with Crippen LogP contribution in [0.3, 0.4) is 0 Å². The second kappa shape index (κ2) is 8.89. The van der Waals surface area contributed by atoms with Gasteiger partial charge >= 0.3 is 6.18 Å². The Morgan fingerprint density at radius 1 is 0.971 bits per heavy atom. The molecule has 7 heteroatoms. The van der Waals surface area contributed by atoms with Crippen LogP contribution in [0.15, 0.2) is 84.9 Å². The first kappa shape index (κ1) is 22.1. The van der Waals surface area contributed by atoms with Gasteiger partial charge in [-0.3, -0.25) is 4.79 Å². The molecule has 2 heterocycles. The van der Waals surface area contributed by atoms with Gasteiger partial charge in [-0.15, -0.1) is 0 Å². The molecule has 0 saturated carbocycles. The van der Waals surface area contributed by atoms with Crippen LogP contribution in [0.5, 0.6) is 0 Å². The Morgan fingerprint density at radius 2 is 1.68 bits per heavy atom. The fourth-order valence-corrected chi connectivity index (χ4v) is 4.65. The van der Waals surface area contributed by atoms with E-state index in [1.54, 1.807) is 0 Å². The third-order valence-electron chi connectivity index (χ3n) is 6.35. The average Bonchev–Trinajstić information content (AvgIpc) is 3.49. The van der Waals surface area contributed by atoms with Gasteiger partial charge in [0.2, 0.25) is 5.91 Å². The Morgan fingerprint density at radius 3 is 2.38 bits per heavy atom. The number of likely N-dealkylation sites (tertiary alicyclic amines) is 1. The molecule has 0 spiro atoms. The van der Waals surface area contributed by atoms with E-state index in [0.29, 0.717) is 12.1 Å². The van der Waals surface area contributed by atoms with Crippen molar-refractivity contribution in [3.05, 3.63) is 102 Å². The molecule has 1 saturated heterocycles. The van der Waals surface area contributed by atoms with Crippen molar-refractivity contribution in [2.45, 2.75) is 31.1 Å². The summed E-state index contributed by atoms with van der Waals surface area (Å²) in [7, 11) is 0. The zero-order valence-corrected chi connectivity index (χ0v) is 18.3. The number of carbonyl (C=O) groups is 1. The third kappa shape index (κ3) is 4.38. The van der Waals surface area contributed by atoms with Gasteiger partial charge in [-0.25, -0.2) is 0 Å². The second-order valence-electron chi connectivity index (χ2n) is 8.56. The molecule has 4 aromatic rings. The smallest absolute Gasteiger partial charge is 0.370 e. The molecule has 34 heavy (non-hydrogen) atoms. The third-order valence-corrected chi connectivity index (χ3v) is 6.35. The Labute approximate surface area is 195 Å². The minimum absolute atomic E-state index is 0.116. The lowest BCUT2D eigenvalue weighted by atomic mass is 10.0. The number of alkyl halides is 3. The van der Waals surface area contributed by atoms with Crippen molar-refractivity contribution in [1.29, 1.82) is 0 Å². The molecule has 5 rings (SSSR count). The topological polar surface area (TPSA) is 48.1 Å². The van der Waals surface area contributed by atoms with Gasteiger partial charge in [-0.2, -0.15) is 13.2 Å².